The molecule has 0 aliphatic carbocycles. The first kappa shape index (κ1) is 16.5. The lowest BCUT2D eigenvalue weighted by molar-refractivity contribution is -0.123. The van der Waals surface area contributed by atoms with E-state index in [1.165, 1.54) is 5.56 Å². The Balaban J connectivity index is 2.39. The van der Waals surface area contributed by atoms with Crippen LogP contribution in [0.1, 0.15) is 45.1 Å². The second-order valence-corrected chi connectivity index (χ2v) is 5.35. The van der Waals surface area contributed by atoms with Gasteiger partial charge >= 0.3 is 0 Å². The van der Waals surface area contributed by atoms with Crippen LogP contribution < -0.4 is 10.1 Å². The molecule has 0 fully saturated rings. The molecule has 0 spiro atoms. The van der Waals surface area contributed by atoms with E-state index in [0.29, 0.717) is 12.3 Å². The number of aliphatic hydroxyl groups excluding tert-OH is 1. The number of carbonyl (C=O) groups is 1. The molecule has 0 aliphatic rings. The van der Waals surface area contributed by atoms with Gasteiger partial charge in [0.2, 0.25) is 0 Å². The smallest absolute Gasteiger partial charge is 0.258 e. The third kappa shape index (κ3) is 6.06. The van der Waals surface area contributed by atoms with Crippen molar-refractivity contribution in [2.24, 2.45) is 0 Å². The summed E-state index contributed by atoms with van der Waals surface area (Å²) in [5.41, 5.74) is 1.19. The molecule has 20 heavy (non-hydrogen) atoms. The SMILES string of the molecule is CC(CCCO)NC(=O)COc1cccc(C(C)C)c1. The first-order valence-electron chi connectivity index (χ1n) is 7.16. The first-order valence-corrected chi connectivity index (χ1v) is 7.16. The van der Waals surface area contributed by atoms with Crippen LogP contribution >= 0.6 is 0 Å². The zero-order valence-electron chi connectivity index (χ0n) is 12.6. The lowest BCUT2D eigenvalue weighted by Crippen LogP contribution is -2.36. The lowest BCUT2D eigenvalue weighted by Gasteiger charge is -2.14. The molecule has 112 valence electrons. The maximum absolute atomic E-state index is 11.7. The van der Waals surface area contributed by atoms with Gasteiger partial charge in [0.05, 0.1) is 0 Å². The fraction of sp³-hybridized carbons (Fsp3) is 0.562. The molecule has 1 rings (SSSR count). The minimum atomic E-state index is -0.134. The van der Waals surface area contributed by atoms with Crippen molar-refractivity contribution >= 4 is 5.91 Å². The maximum atomic E-state index is 11.7. The molecular weight excluding hydrogens is 254 g/mol. The topological polar surface area (TPSA) is 58.6 Å². The van der Waals surface area contributed by atoms with Gasteiger partial charge in [0, 0.05) is 12.6 Å². The van der Waals surface area contributed by atoms with Gasteiger partial charge in [-0.25, -0.2) is 0 Å². The van der Waals surface area contributed by atoms with Crippen molar-refractivity contribution < 1.29 is 14.6 Å². The van der Waals surface area contributed by atoms with E-state index in [0.717, 1.165) is 12.2 Å². The zero-order valence-corrected chi connectivity index (χ0v) is 12.6. The van der Waals surface area contributed by atoms with Crippen molar-refractivity contribution in [3.63, 3.8) is 0 Å². The summed E-state index contributed by atoms with van der Waals surface area (Å²) in [7, 11) is 0. The van der Waals surface area contributed by atoms with Gasteiger partial charge in [-0.1, -0.05) is 26.0 Å². The summed E-state index contributed by atoms with van der Waals surface area (Å²) in [4.78, 5) is 11.7. The minimum Gasteiger partial charge on any atom is -0.484 e. The highest BCUT2D eigenvalue weighted by Gasteiger charge is 2.08. The van der Waals surface area contributed by atoms with Crippen molar-refractivity contribution in [3.05, 3.63) is 29.8 Å². The average molecular weight is 279 g/mol. The molecule has 1 atom stereocenters. The van der Waals surface area contributed by atoms with Crippen molar-refractivity contribution in [2.45, 2.75) is 45.6 Å². The lowest BCUT2D eigenvalue weighted by atomic mass is 10.0. The third-order valence-corrected chi connectivity index (χ3v) is 3.10. The predicted octanol–water partition coefficient (Wildman–Crippen LogP) is 2.47. The van der Waals surface area contributed by atoms with Crippen LogP contribution in [0, 0.1) is 0 Å². The summed E-state index contributed by atoms with van der Waals surface area (Å²) >= 11 is 0. The summed E-state index contributed by atoms with van der Waals surface area (Å²) < 4.78 is 5.50. The Morgan fingerprint density at radius 3 is 2.75 bits per heavy atom. The highest BCUT2D eigenvalue weighted by Crippen LogP contribution is 2.19. The van der Waals surface area contributed by atoms with Gasteiger partial charge in [-0.2, -0.15) is 0 Å². The summed E-state index contributed by atoms with van der Waals surface area (Å²) in [6.07, 6.45) is 1.46. The van der Waals surface area contributed by atoms with E-state index in [1.807, 2.05) is 25.1 Å². The Bertz CT molecular complexity index is 418. The van der Waals surface area contributed by atoms with E-state index >= 15 is 0 Å². The Morgan fingerprint density at radius 1 is 1.35 bits per heavy atom. The van der Waals surface area contributed by atoms with E-state index in [-0.39, 0.29) is 25.2 Å². The van der Waals surface area contributed by atoms with Crippen LogP contribution in [0.4, 0.5) is 0 Å². The molecule has 1 unspecified atom stereocenters. The Hall–Kier alpha value is -1.55. The highest BCUT2D eigenvalue weighted by atomic mass is 16.5. The van der Waals surface area contributed by atoms with Gasteiger partial charge < -0.3 is 15.2 Å². The minimum absolute atomic E-state index is 0.0189. The second-order valence-electron chi connectivity index (χ2n) is 5.35. The molecule has 0 saturated heterocycles. The van der Waals surface area contributed by atoms with E-state index in [1.54, 1.807) is 0 Å². The Kier molecular flexibility index (Phi) is 7.09. The van der Waals surface area contributed by atoms with Gasteiger partial charge in [-0.15, -0.1) is 0 Å². The molecule has 2 N–H and O–H groups in total. The number of amides is 1. The van der Waals surface area contributed by atoms with Gasteiger partial charge in [-0.05, 0) is 43.4 Å². The standard InChI is InChI=1S/C16H25NO3/c1-12(2)14-7-4-8-15(10-14)20-11-16(19)17-13(3)6-5-9-18/h4,7-8,10,12-13,18H,5-6,9,11H2,1-3H3,(H,17,19). The average Bonchev–Trinajstić information content (AvgIpc) is 2.43. The van der Waals surface area contributed by atoms with Crippen LogP contribution in [0.15, 0.2) is 24.3 Å². The molecule has 0 bridgehead atoms. The van der Waals surface area contributed by atoms with Crippen molar-refractivity contribution in [3.8, 4) is 5.75 Å². The molecule has 0 aliphatic heterocycles. The van der Waals surface area contributed by atoms with Gasteiger partial charge in [-0.3, -0.25) is 4.79 Å². The fourth-order valence-electron chi connectivity index (χ4n) is 1.90. The van der Waals surface area contributed by atoms with E-state index in [2.05, 4.69) is 25.2 Å². The molecule has 0 radical (unpaired) electrons. The summed E-state index contributed by atoms with van der Waals surface area (Å²) in [6.45, 7) is 6.33. The normalized spacial score (nSPS) is 12.2. The van der Waals surface area contributed by atoms with Crippen LogP contribution in [0.2, 0.25) is 0 Å². The van der Waals surface area contributed by atoms with E-state index < -0.39 is 0 Å². The summed E-state index contributed by atoms with van der Waals surface area (Å²) in [5.74, 6) is 1.02. The van der Waals surface area contributed by atoms with Gasteiger partial charge in [0.25, 0.3) is 5.91 Å². The van der Waals surface area contributed by atoms with Crippen LogP contribution in [0.5, 0.6) is 5.75 Å². The van der Waals surface area contributed by atoms with Crippen molar-refractivity contribution in [1.29, 1.82) is 0 Å². The quantitative estimate of drug-likeness (QED) is 0.768. The molecule has 0 heterocycles. The first-order chi connectivity index (χ1) is 9.52. The molecule has 1 aromatic carbocycles. The molecule has 1 aromatic rings. The number of benzene rings is 1. The van der Waals surface area contributed by atoms with Crippen molar-refractivity contribution in [2.75, 3.05) is 13.2 Å². The highest BCUT2D eigenvalue weighted by molar-refractivity contribution is 5.77. The van der Waals surface area contributed by atoms with Crippen LogP contribution in [0.3, 0.4) is 0 Å². The number of nitrogens with one attached hydrogen (secondary N) is 1. The summed E-state index contributed by atoms with van der Waals surface area (Å²) in [5, 5.41) is 11.6. The van der Waals surface area contributed by atoms with Crippen LogP contribution in [-0.2, 0) is 4.79 Å². The number of ether oxygens (including phenoxy) is 1. The number of aliphatic hydroxyl groups is 1. The molecular formula is C16H25NO3. The number of carbonyl (C=O) groups excluding carboxylic acids is 1. The number of rotatable bonds is 8. The molecule has 4 heteroatoms. The fourth-order valence-corrected chi connectivity index (χ4v) is 1.90. The van der Waals surface area contributed by atoms with Crippen LogP contribution in [0.25, 0.3) is 0 Å². The maximum Gasteiger partial charge on any atom is 0.258 e. The van der Waals surface area contributed by atoms with Gasteiger partial charge in [0.15, 0.2) is 6.61 Å². The molecule has 4 nitrogen and oxygen atoms in total. The second kappa shape index (κ2) is 8.59. The molecule has 0 saturated carbocycles. The Morgan fingerprint density at radius 2 is 2.10 bits per heavy atom. The zero-order chi connectivity index (χ0) is 15.0. The number of hydrogen-bond donors (Lipinski definition) is 2. The molecule has 1 amide bonds. The Labute approximate surface area is 121 Å². The molecule has 0 aromatic heterocycles. The van der Waals surface area contributed by atoms with E-state index in [4.69, 9.17) is 9.84 Å². The third-order valence-electron chi connectivity index (χ3n) is 3.10. The van der Waals surface area contributed by atoms with Gasteiger partial charge in [0.1, 0.15) is 5.75 Å². The van der Waals surface area contributed by atoms with E-state index in [9.17, 15) is 4.79 Å². The summed E-state index contributed by atoms with van der Waals surface area (Å²) in [6, 6.07) is 7.86. The monoisotopic (exact) mass is 279 g/mol. The van der Waals surface area contributed by atoms with Crippen molar-refractivity contribution in [1.82, 2.24) is 5.32 Å². The largest absolute Gasteiger partial charge is 0.484 e. The predicted molar refractivity (Wildman–Crippen MR) is 80.0 cm³/mol. The number of hydrogen-bond acceptors (Lipinski definition) is 3. The van der Waals surface area contributed by atoms with Crippen LogP contribution in [-0.4, -0.2) is 30.3 Å².